The lowest BCUT2D eigenvalue weighted by molar-refractivity contribution is -0.0201. The van der Waals surface area contributed by atoms with Gasteiger partial charge in [-0.2, -0.15) is 0 Å². The lowest BCUT2D eigenvalue weighted by Gasteiger charge is -2.36. The fraction of sp³-hybridized carbons (Fsp3) is 0.350. The smallest absolute Gasteiger partial charge is 0.257 e. The van der Waals surface area contributed by atoms with Gasteiger partial charge in [0.1, 0.15) is 41.1 Å². The molecule has 1 N–H and O–H groups in total. The maximum absolute atomic E-state index is 13.3. The number of hydrogen-bond acceptors (Lipinski definition) is 5. The second-order valence-electron chi connectivity index (χ2n) is 6.43. The van der Waals surface area contributed by atoms with E-state index in [0.29, 0.717) is 30.0 Å². The Hall–Kier alpha value is -2.87. The van der Waals surface area contributed by atoms with E-state index < -0.39 is 23.8 Å². The fourth-order valence-corrected chi connectivity index (χ4v) is 3.15. The predicted molar refractivity (Wildman–Crippen MR) is 96.8 cm³/mol. The van der Waals surface area contributed by atoms with Gasteiger partial charge < -0.3 is 24.2 Å². The van der Waals surface area contributed by atoms with Crippen LogP contribution < -0.4 is 14.2 Å². The minimum absolute atomic E-state index is 0.00390. The Labute approximate surface area is 161 Å². The summed E-state index contributed by atoms with van der Waals surface area (Å²) in [7, 11) is 2.96. The average molecular weight is 393 g/mol. The average Bonchev–Trinajstić information content (AvgIpc) is 2.67. The molecule has 0 bridgehead atoms. The largest absolute Gasteiger partial charge is 0.497 e. The summed E-state index contributed by atoms with van der Waals surface area (Å²) in [5, 5.41) is 10.4. The van der Waals surface area contributed by atoms with Crippen molar-refractivity contribution in [3.8, 4) is 17.2 Å². The third kappa shape index (κ3) is 4.33. The van der Waals surface area contributed by atoms with Gasteiger partial charge in [-0.25, -0.2) is 8.78 Å². The van der Waals surface area contributed by atoms with Gasteiger partial charge in [0.2, 0.25) is 0 Å². The molecule has 2 aromatic carbocycles. The second-order valence-corrected chi connectivity index (χ2v) is 6.43. The molecule has 2 atom stereocenters. The van der Waals surface area contributed by atoms with Crippen molar-refractivity contribution in [3.05, 3.63) is 53.6 Å². The van der Waals surface area contributed by atoms with Crippen molar-refractivity contribution in [2.24, 2.45) is 0 Å². The first-order valence-electron chi connectivity index (χ1n) is 8.73. The van der Waals surface area contributed by atoms with E-state index >= 15 is 0 Å². The molecule has 150 valence electrons. The molecule has 1 heterocycles. The Morgan fingerprint density at radius 3 is 2.39 bits per heavy atom. The van der Waals surface area contributed by atoms with Crippen molar-refractivity contribution < 1.29 is 32.9 Å². The van der Waals surface area contributed by atoms with Gasteiger partial charge in [-0.05, 0) is 18.2 Å². The summed E-state index contributed by atoms with van der Waals surface area (Å²) in [6.07, 6.45) is -1.39. The monoisotopic (exact) mass is 393 g/mol. The van der Waals surface area contributed by atoms with Gasteiger partial charge in [0, 0.05) is 31.2 Å². The molecular weight excluding hydrogens is 372 g/mol. The van der Waals surface area contributed by atoms with Crippen LogP contribution in [0.4, 0.5) is 8.78 Å². The molecule has 3 rings (SSSR count). The predicted octanol–water partition coefficient (Wildman–Crippen LogP) is 2.64. The number of methoxy groups -OCH3 is 2. The number of nitrogens with zero attached hydrogens (tertiary/aromatic N) is 1. The molecular formula is C20H21F2NO5. The molecule has 1 aliphatic heterocycles. The summed E-state index contributed by atoms with van der Waals surface area (Å²) in [5.74, 6) is -0.935. The molecule has 0 radical (unpaired) electrons. The number of benzene rings is 2. The Balaban J connectivity index is 1.70. The summed E-state index contributed by atoms with van der Waals surface area (Å²) in [4.78, 5) is 14.4. The van der Waals surface area contributed by atoms with Gasteiger partial charge >= 0.3 is 0 Å². The minimum atomic E-state index is -1.01. The van der Waals surface area contributed by atoms with Gasteiger partial charge in [0.25, 0.3) is 5.91 Å². The van der Waals surface area contributed by atoms with Crippen molar-refractivity contribution in [2.45, 2.75) is 18.6 Å². The number of likely N-dealkylation sites (tertiary alicyclic amines) is 1. The van der Waals surface area contributed by atoms with Crippen LogP contribution in [-0.2, 0) is 0 Å². The van der Waals surface area contributed by atoms with Gasteiger partial charge in [-0.15, -0.1) is 0 Å². The second kappa shape index (κ2) is 8.43. The van der Waals surface area contributed by atoms with Gasteiger partial charge in [-0.3, -0.25) is 4.79 Å². The molecule has 1 saturated heterocycles. The van der Waals surface area contributed by atoms with Crippen LogP contribution in [0.1, 0.15) is 16.8 Å². The zero-order chi connectivity index (χ0) is 20.3. The van der Waals surface area contributed by atoms with Crippen LogP contribution in [0.2, 0.25) is 0 Å². The molecule has 8 heteroatoms. The Morgan fingerprint density at radius 1 is 1.07 bits per heavy atom. The zero-order valence-electron chi connectivity index (χ0n) is 15.5. The first-order chi connectivity index (χ1) is 13.4. The molecule has 0 saturated carbocycles. The molecule has 0 unspecified atom stereocenters. The first kappa shape index (κ1) is 19.9. The zero-order valence-corrected chi connectivity index (χ0v) is 15.5. The highest BCUT2D eigenvalue weighted by atomic mass is 19.1. The van der Waals surface area contributed by atoms with E-state index in [9.17, 15) is 18.7 Å². The van der Waals surface area contributed by atoms with Gasteiger partial charge in [0.05, 0.1) is 26.3 Å². The van der Waals surface area contributed by atoms with E-state index in [0.717, 1.165) is 18.2 Å². The van der Waals surface area contributed by atoms with E-state index in [1.54, 1.807) is 18.2 Å². The maximum Gasteiger partial charge on any atom is 0.257 e. The van der Waals surface area contributed by atoms with Crippen LogP contribution >= 0.6 is 0 Å². The van der Waals surface area contributed by atoms with Crippen molar-refractivity contribution in [3.63, 3.8) is 0 Å². The number of amides is 1. The van der Waals surface area contributed by atoms with Crippen LogP contribution in [0.3, 0.4) is 0 Å². The first-order valence-corrected chi connectivity index (χ1v) is 8.73. The van der Waals surface area contributed by atoms with Crippen LogP contribution in [0, 0.1) is 11.6 Å². The SMILES string of the molecule is COc1ccc(OC)c(C(=O)N2CC[C@@H](Oc3cc(F)cc(F)c3)[C@H](O)C2)c1. The normalized spacial score (nSPS) is 19.2. The van der Waals surface area contributed by atoms with Gasteiger partial charge in [-0.1, -0.05) is 0 Å². The summed E-state index contributed by atoms with van der Waals surface area (Å²) >= 11 is 0. The number of carbonyl (C=O) groups is 1. The standard InChI is InChI=1S/C20H21F2NO5/c1-26-14-3-4-18(27-2)16(10-14)20(25)23-6-5-19(17(24)11-23)28-15-8-12(21)7-13(22)9-15/h3-4,7-10,17,19,24H,5-6,11H2,1-2H3/t17-,19-/m1/s1. The lowest BCUT2D eigenvalue weighted by atomic mass is 10.0. The van der Waals surface area contributed by atoms with Crippen LogP contribution in [0.5, 0.6) is 17.2 Å². The van der Waals surface area contributed by atoms with Crippen LogP contribution in [-0.4, -0.2) is 55.4 Å². The highest BCUT2D eigenvalue weighted by molar-refractivity contribution is 5.97. The molecule has 1 amide bonds. The van der Waals surface area contributed by atoms with E-state index in [1.165, 1.54) is 19.1 Å². The highest BCUT2D eigenvalue weighted by Crippen LogP contribution is 2.27. The number of hydrogen-bond donors (Lipinski definition) is 1. The molecule has 2 aromatic rings. The summed E-state index contributed by atoms with van der Waals surface area (Å²) < 4.78 is 42.6. The maximum atomic E-state index is 13.3. The molecule has 28 heavy (non-hydrogen) atoms. The Bertz CT molecular complexity index is 840. The number of rotatable bonds is 5. The van der Waals surface area contributed by atoms with Crippen LogP contribution in [0.25, 0.3) is 0 Å². The van der Waals surface area contributed by atoms with Crippen molar-refractivity contribution in [1.82, 2.24) is 4.90 Å². The topological polar surface area (TPSA) is 68.2 Å². The molecule has 0 aromatic heterocycles. The summed E-state index contributed by atoms with van der Waals surface area (Å²) in [6, 6.07) is 7.74. The van der Waals surface area contributed by atoms with E-state index in [4.69, 9.17) is 14.2 Å². The molecule has 1 aliphatic rings. The number of ether oxygens (including phenoxy) is 3. The third-order valence-electron chi connectivity index (χ3n) is 4.57. The molecule has 1 fully saturated rings. The molecule has 6 nitrogen and oxygen atoms in total. The Morgan fingerprint density at radius 2 is 1.79 bits per heavy atom. The molecule has 0 spiro atoms. The van der Waals surface area contributed by atoms with Crippen molar-refractivity contribution >= 4 is 5.91 Å². The number of carbonyl (C=O) groups excluding carboxylic acids is 1. The number of halogens is 2. The van der Waals surface area contributed by atoms with Crippen LogP contribution in [0.15, 0.2) is 36.4 Å². The van der Waals surface area contributed by atoms with E-state index in [1.807, 2.05) is 0 Å². The van der Waals surface area contributed by atoms with E-state index in [2.05, 4.69) is 0 Å². The number of aliphatic hydroxyl groups is 1. The lowest BCUT2D eigenvalue weighted by Crippen LogP contribution is -2.51. The number of piperidine rings is 1. The van der Waals surface area contributed by atoms with Crippen molar-refractivity contribution in [2.75, 3.05) is 27.3 Å². The Kier molecular flexibility index (Phi) is 5.99. The highest BCUT2D eigenvalue weighted by Gasteiger charge is 2.33. The quantitative estimate of drug-likeness (QED) is 0.846. The third-order valence-corrected chi connectivity index (χ3v) is 4.57. The van der Waals surface area contributed by atoms with Crippen molar-refractivity contribution in [1.29, 1.82) is 0 Å². The summed E-state index contributed by atoms with van der Waals surface area (Å²) in [6.45, 7) is 0.320. The van der Waals surface area contributed by atoms with Gasteiger partial charge in [0.15, 0.2) is 0 Å². The fourth-order valence-electron chi connectivity index (χ4n) is 3.15. The number of β-amino-alcohol motifs (C(OH)–C–C–N with tert-alkyl or cyclic N) is 1. The minimum Gasteiger partial charge on any atom is -0.497 e. The van der Waals surface area contributed by atoms with E-state index in [-0.39, 0.29) is 18.2 Å². The number of aliphatic hydroxyl groups excluding tert-OH is 1. The molecule has 0 aliphatic carbocycles. The summed E-state index contributed by atoms with van der Waals surface area (Å²) in [5.41, 5.74) is 0.320.